The van der Waals surface area contributed by atoms with E-state index in [4.69, 9.17) is 28.3 Å². The zero-order valence-electron chi connectivity index (χ0n) is 10.5. The van der Waals surface area contributed by atoms with Crippen LogP contribution in [0.2, 0.25) is 10.0 Å². The average molecular weight is 308 g/mol. The molecular weight excluding hydrogens is 289 g/mol. The second kappa shape index (κ2) is 9.05. The fourth-order valence-corrected chi connectivity index (χ4v) is 3.17. The van der Waals surface area contributed by atoms with Crippen LogP contribution in [0.15, 0.2) is 23.1 Å². The minimum absolute atomic E-state index is 0.211. The zero-order chi connectivity index (χ0) is 13.4. The molecule has 1 N–H and O–H groups in total. The first-order valence-corrected chi connectivity index (χ1v) is 7.82. The number of rotatable bonds is 8. The van der Waals surface area contributed by atoms with E-state index in [1.54, 1.807) is 17.8 Å². The third kappa shape index (κ3) is 5.81. The fraction of sp³-hybridized carbons (Fsp3) is 0.538. The molecule has 0 aliphatic heterocycles. The van der Waals surface area contributed by atoms with Gasteiger partial charge in [-0.2, -0.15) is 0 Å². The van der Waals surface area contributed by atoms with Crippen molar-refractivity contribution in [3.8, 4) is 0 Å². The third-order valence-corrected chi connectivity index (χ3v) is 4.23. The first-order chi connectivity index (χ1) is 8.67. The minimum atomic E-state index is 0.211. The molecule has 0 radical (unpaired) electrons. The Morgan fingerprint density at radius 3 is 2.67 bits per heavy atom. The predicted octanol–water partition coefficient (Wildman–Crippen LogP) is 3.79. The molecule has 0 spiro atoms. The molecule has 0 aromatic heterocycles. The van der Waals surface area contributed by atoms with E-state index in [1.807, 2.05) is 12.1 Å². The van der Waals surface area contributed by atoms with Crippen LogP contribution in [-0.2, 0) is 0 Å². The summed E-state index contributed by atoms with van der Waals surface area (Å²) in [5.41, 5.74) is 0. The topological polar surface area (TPSA) is 23.5 Å². The van der Waals surface area contributed by atoms with E-state index >= 15 is 0 Å². The number of aliphatic hydroxyl groups is 1. The number of benzene rings is 1. The smallest absolute Gasteiger partial charge is 0.0558 e. The van der Waals surface area contributed by atoms with Gasteiger partial charge in [-0.25, -0.2) is 0 Å². The highest BCUT2D eigenvalue weighted by molar-refractivity contribution is 7.99. The molecule has 1 rings (SSSR count). The highest BCUT2D eigenvalue weighted by atomic mass is 35.5. The lowest BCUT2D eigenvalue weighted by Crippen LogP contribution is -2.29. The van der Waals surface area contributed by atoms with Crippen molar-refractivity contribution in [3.63, 3.8) is 0 Å². The number of hydrogen-bond acceptors (Lipinski definition) is 3. The van der Waals surface area contributed by atoms with Crippen LogP contribution >= 0.6 is 35.0 Å². The van der Waals surface area contributed by atoms with E-state index in [9.17, 15) is 0 Å². The van der Waals surface area contributed by atoms with Crippen molar-refractivity contribution in [1.82, 2.24) is 4.90 Å². The molecule has 0 aliphatic carbocycles. The second-order valence-corrected chi connectivity index (χ2v) is 5.97. The lowest BCUT2D eigenvalue weighted by atomic mass is 10.4. The van der Waals surface area contributed by atoms with Gasteiger partial charge >= 0.3 is 0 Å². The van der Waals surface area contributed by atoms with Gasteiger partial charge in [0.15, 0.2) is 0 Å². The Bertz CT molecular complexity index is 357. The van der Waals surface area contributed by atoms with Crippen molar-refractivity contribution >= 4 is 35.0 Å². The monoisotopic (exact) mass is 307 g/mol. The SMILES string of the molecule is CCCN(CCO)CCSc1cc(Cl)ccc1Cl. The maximum absolute atomic E-state index is 8.97. The molecule has 0 unspecified atom stereocenters. The number of aliphatic hydroxyl groups excluding tert-OH is 1. The summed E-state index contributed by atoms with van der Waals surface area (Å²) >= 11 is 13.7. The predicted molar refractivity (Wildman–Crippen MR) is 81.0 cm³/mol. The van der Waals surface area contributed by atoms with E-state index in [0.29, 0.717) is 5.02 Å². The Kier molecular flexibility index (Phi) is 8.11. The molecule has 0 bridgehead atoms. The van der Waals surface area contributed by atoms with Gasteiger partial charge in [0.1, 0.15) is 0 Å². The minimum Gasteiger partial charge on any atom is -0.395 e. The molecule has 0 amide bonds. The maximum Gasteiger partial charge on any atom is 0.0558 e. The van der Waals surface area contributed by atoms with Gasteiger partial charge in [-0.3, -0.25) is 0 Å². The van der Waals surface area contributed by atoms with E-state index < -0.39 is 0 Å². The number of thioether (sulfide) groups is 1. The van der Waals surface area contributed by atoms with E-state index in [2.05, 4.69) is 11.8 Å². The van der Waals surface area contributed by atoms with Crippen molar-refractivity contribution in [2.24, 2.45) is 0 Å². The van der Waals surface area contributed by atoms with E-state index in [-0.39, 0.29) is 6.61 Å². The quantitative estimate of drug-likeness (QED) is 0.739. The van der Waals surface area contributed by atoms with Crippen LogP contribution in [0.5, 0.6) is 0 Å². The van der Waals surface area contributed by atoms with Gasteiger partial charge < -0.3 is 10.0 Å². The summed E-state index contributed by atoms with van der Waals surface area (Å²) in [5, 5.41) is 10.4. The van der Waals surface area contributed by atoms with E-state index in [0.717, 1.165) is 41.7 Å². The van der Waals surface area contributed by atoms with Crippen LogP contribution in [0.3, 0.4) is 0 Å². The summed E-state index contributed by atoms with van der Waals surface area (Å²) in [4.78, 5) is 3.27. The summed E-state index contributed by atoms with van der Waals surface area (Å²) in [6.45, 7) is 5.05. The molecule has 0 heterocycles. The highest BCUT2D eigenvalue weighted by Gasteiger charge is 2.05. The van der Waals surface area contributed by atoms with Crippen LogP contribution < -0.4 is 0 Å². The molecule has 2 nitrogen and oxygen atoms in total. The lowest BCUT2D eigenvalue weighted by Gasteiger charge is -2.20. The molecule has 1 aromatic carbocycles. The van der Waals surface area contributed by atoms with Gasteiger partial charge in [-0.05, 0) is 31.2 Å². The average Bonchev–Trinajstić information content (AvgIpc) is 2.34. The van der Waals surface area contributed by atoms with Gasteiger partial charge in [-0.1, -0.05) is 30.1 Å². The maximum atomic E-state index is 8.97. The first-order valence-electron chi connectivity index (χ1n) is 6.08. The highest BCUT2D eigenvalue weighted by Crippen LogP contribution is 2.29. The van der Waals surface area contributed by atoms with Gasteiger partial charge in [0.2, 0.25) is 0 Å². The Morgan fingerprint density at radius 1 is 1.22 bits per heavy atom. The fourth-order valence-electron chi connectivity index (χ4n) is 1.67. The van der Waals surface area contributed by atoms with Gasteiger partial charge in [-0.15, -0.1) is 11.8 Å². The van der Waals surface area contributed by atoms with Crippen LogP contribution in [0.4, 0.5) is 0 Å². The standard InChI is InChI=1S/C13H19Cl2NOS/c1-2-5-16(6-8-17)7-9-18-13-10-11(14)3-4-12(13)15/h3-4,10,17H,2,5-9H2,1H3. The lowest BCUT2D eigenvalue weighted by molar-refractivity contribution is 0.203. The van der Waals surface area contributed by atoms with Crippen LogP contribution in [0, 0.1) is 0 Å². The molecule has 102 valence electrons. The summed E-state index contributed by atoms with van der Waals surface area (Å²) in [5.74, 6) is 0.945. The molecule has 0 fully saturated rings. The number of nitrogens with zero attached hydrogens (tertiary/aromatic N) is 1. The first kappa shape index (κ1) is 16.1. The Labute approximate surface area is 123 Å². The third-order valence-electron chi connectivity index (χ3n) is 2.51. The van der Waals surface area contributed by atoms with Crippen molar-refractivity contribution in [1.29, 1.82) is 0 Å². The molecule has 1 aromatic rings. The Hall–Kier alpha value is 0.0700. The Balaban J connectivity index is 2.41. The molecule has 0 saturated heterocycles. The van der Waals surface area contributed by atoms with Gasteiger partial charge in [0.05, 0.1) is 11.6 Å². The van der Waals surface area contributed by atoms with Crippen molar-refractivity contribution in [3.05, 3.63) is 28.2 Å². The molecular formula is C13H19Cl2NOS. The van der Waals surface area contributed by atoms with Crippen LogP contribution in [0.1, 0.15) is 13.3 Å². The van der Waals surface area contributed by atoms with Crippen LogP contribution in [-0.4, -0.2) is 42.0 Å². The van der Waals surface area contributed by atoms with Crippen LogP contribution in [0.25, 0.3) is 0 Å². The summed E-state index contributed by atoms with van der Waals surface area (Å²) < 4.78 is 0. The van der Waals surface area contributed by atoms with Crippen molar-refractivity contribution < 1.29 is 5.11 Å². The van der Waals surface area contributed by atoms with Gasteiger partial charge in [0.25, 0.3) is 0 Å². The normalized spacial score (nSPS) is 11.2. The van der Waals surface area contributed by atoms with Crippen molar-refractivity contribution in [2.45, 2.75) is 18.2 Å². The molecule has 0 saturated carbocycles. The zero-order valence-corrected chi connectivity index (χ0v) is 12.9. The molecule has 0 aliphatic rings. The second-order valence-electron chi connectivity index (χ2n) is 3.99. The van der Waals surface area contributed by atoms with Crippen molar-refractivity contribution in [2.75, 3.05) is 32.0 Å². The molecule has 5 heteroatoms. The van der Waals surface area contributed by atoms with Gasteiger partial charge in [0, 0.05) is 28.8 Å². The molecule has 0 atom stereocenters. The van der Waals surface area contributed by atoms with E-state index in [1.165, 1.54) is 0 Å². The number of hydrogen-bond donors (Lipinski definition) is 1. The largest absolute Gasteiger partial charge is 0.395 e. The molecule has 18 heavy (non-hydrogen) atoms. The Morgan fingerprint density at radius 2 is 2.00 bits per heavy atom. The summed E-state index contributed by atoms with van der Waals surface area (Å²) in [6, 6.07) is 5.51. The number of halogens is 2. The summed E-state index contributed by atoms with van der Waals surface area (Å²) in [6.07, 6.45) is 1.10. The summed E-state index contributed by atoms with van der Waals surface area (Å²) in [7, 11) is 0.